The Balaban J connectivity index is 2.24. The van der Waals surface area contributed by atoms with Gasteiger partial charge in [0.1, 0.15) is 6.54 Å². The predicted octanol–water partition coefficient (Wildman–Crippen LogP) is 3.26. The Hall–Kier alpha value is -2.82. The number of para-hydroxylation sites is 1. The van der Waals surface area contributed by atoms with Gasteiger partial charge in [0.05, 0.1) is 0 Å². The second kappa shape index (κ2) is 8.15. The molecular formula is C19H22N2O3. The molecule has 126 valence electrons. The first-order valence-electron chi connectivity index (χ1n) is 7.93. The number of carboxylic acid groups (broad SMARTS) is 1. The number of nitrogens with zero attached hydrogens (tertiary/aromatic N) is 2. The zero-order valence-electron chi connectivity index (χ0n) is 14.0. The minimum absolute atomic E-state index is 0.326. The van der Waals surface area contributed by atoms with E-state index in [1.54, 1.807) is 36.4 Å². The number of benzene rings is 2. The van der Waals surface area contributed by atoms with E-state index in [1.807, 2.05) is 25.2 Å². The van der Waals surface area contributed by atoms with Crippen molar-refractivity contribution in [2.24, 2.45) is 0 Å². The highest BCUT2D eigenvalue weighted by Crippen LogP contribution is 2.19. The molecular weight excluding hydrogens is 304 g/mol. The van der Waals surface area contributed by atoms with Crippen LogP contribution >= 0.6 is 0 Å². The van der Waals surface area contributed by atoms with Crippen molar-refractivity contribution in [1.29, 1.82) is 0 Å². The molecule has 0 aliphatic rings. The highest BCUT2D eigenvalue weighted by molar-refractivity contribution is 6.08. The zero-order valence-corrected chi connectivity index (χ0v) is 14.0. The monoisotopic (exact) mass is 326 g/mol. The summed E-state index contributed by atoms with van der Waals surface area (Å²) in [5.41, 5.74) is 2.06. The molecule has 0 aliphatic heterocycles. The molecule has 0 atom stereocenters. The Kier molecular flexibility index (Phi) is 5.95. The van der Waals surface area contributed by atoms with Crippen LogP contribution < -0.4 is 9.80 Å². The van der Waals surface area contributed by atoms with Crippen LogP contribution in [-0.2, 0) is 4.79 Å². The van der Waals surface area contributed by atoms with E-state index in [4.69, 9.17) is 5.11 Å². The maximum Gasteiger partial charge on any atom is 0.323 e. The number of hydrogen-bond donors (Lipinski definition) is 1. The molecule has 0 fully saturated rings. The Morgan fingerprint density at radius 2 is 1.58 bits per heavy atom. The number of aliphatic carboxylic acids is 1. The summed E-state index contributed by atoms with van der Waals surface area (Å²) in [5, 5.41) is 9.12. The van der Waals surface area contributed by atoms with Crippen LogP contribution in [0.5, 0.6) is 0 Å². The van der Waals surface area contributed by atoms with Gasteiger partial charge >= 0.3 is 5.97 Å². The third-order valence-electron chi connectivity index (χ3n) is 3.72. The van der Waals surface area contributed by atoms with Gasteiger partial charge in [-0.2, -0.15) is 0 Å². The second-order valence-corrected chi connectivity index (χ2v) is 5.59. The molecule has 0 saturated carbocycles. The Morgan fingerprint density at radius 1 is 0.958 bits per heavy atom. The normalized spacial score (nSPS) is 10.2. The highest BCUT2D eigenvalue weighted by Gasteiger charge is 2.20. The first-order valence-corrected chi connectivity index (χ1v) is 7.93. The lowest BCUT2D eigenvalue weighted by molar-refractivity contribution is -0.135. The van der Waals surface area contributed by atoms with Crippen LogP contribution in [-0.4, -0.2) is 37.1 Å². The fraction of sp³-hybridized carbons (Fsp3) is 0.263. The van der Waals surface area contributed by atoms with Crippen LogP contribution in [0.2, 0.25) is 0 Å². The van der Waals surface area contributed by atoms with Crippen molar-refractivity contribution < 1.29 is 14.7 Å². The van der Waals surface area contributed by atoms with E-state index in [-0.39, 0.29) is 12.5 Å². The summed E-state index contributed by atoms with van der Waals surface area (Å²) in [6.07, 6.45) is 1.04. The summed E-state index contributed by atoms with van der Waals surface area (Å²) in [4.78, 5) is 27.3. The summed E-state index contributed by atoms with van der Waals surface area (Å²) in [7, 11) is 2.00. The number of carbonyl (C=O) groups is 2. The third kappa shape index (κ3) is 4.35. The van der Waals surface area contributed by atoms with Crippen molar-refractivity contribution in [2.75, 3.05) is 29.9 Å². The molecule has 0 unspecified atom stereocenters. The van der Waals surface area contributed by atoms with Gasteiger partial charge in [-0.05, 0) is 42.8 Å². The van der Waals surface area contributed by atoms with Gasteiger partial charge in [-0.25, -0.2) is 0 Å². The number of anilines is 2. The van der Waals surface area contributed by atoms with Crippen molar-refractivity contribution >= 4 is 23.3 Å². The Morgan fingerprint density at radius 3 is 2.12 bits per heavy atom. The maximum absolute atomic E-state index is 12.7. The van der Waals surface area contributed by atoms with Gasteiger partial charge in [-0.1, -0.05) is 25.1 Å². The molecule has 5 heteroatoms. The Bertz CT molecular complexity index is 684. The summed E-state index contributed by atoms with van der Waals surface area (Å²) in [6.45, 7) is 2.67. The van der Waals surface area contributed by atoms with E-state index in [1.165, 1.54) is 4.90 Å². The van der Waals surface area contributed by atoms with Crippen LogP contribution in [0.4, 0.5) is 11.4 Å². The van der Waals surface area contributed by atoms with E-state index in [0.717, 1.165) is 18.7 Å². The molecule has 0 aliphatic carbocycles. The lowest BCUT2D eigenvalue weighted by Gasteiger charge is -2.22. The standard InChI is InChI=1S/C19H22N2O3/c1-3-13-20(2)16-11-9-15(10-12-16)19(24)21(14-18(22)23)17-7-5-4-6-8-17/h4-12H,3,13-14H2,1-2H3,(H,22,23). The van der Waals surface area contributed by atoms with E-state index >= 15 is 0 Å². The molecule has 2 aromatic carbocycles. The largest absolute Gasteiger partial charge is 0.480 e. The van der Waals surface area contributed by atoms with Gasteiger partial charge in [0, 0.05) is 30.5 Å². The van der Waals surface area contributed by atoms with Gasteiger partial charge in [0.15, 0.2) is 0 Å². The molecule has 0 bridgehead atoms. The van der Waals surface area contributed by atoms with Crippen molar-refractivity contribution in [3.8, 4) is 0 Å². The third-order valence-corrected chi connectivity index (χ3v) is 3.72. The molecule has 1 amide bonds. The van der Waals surface area contributed by atoms with Gasteiger partial charge < -0.3 is 10.0 Å². The van der Waals surface area contributed by atoms with Crippen LogP contribution in [0.25, 0.3) is 0 Å². The molecule has 1 N–H and O–H groups in total. The van der Waals surface area contributed by atoms with Crippen molar-refractivity contribution in [1.82, 2.24) is 0 Å². The van der Waals surface area contributed by atoms with E-state index in [2.05, 4.69) is 11.8 Å². The smallest absolute Gasteiger partial charge is 0.323 e. The SMILES string of the molecule is CCCN(C)c1ccc(C(=O)N(CC(=O)O)c2ccccc2)cc1. The topological polar surface area (TPSA) is 60.9 Å². The van der Waals surface area contributed by atoms with E-state index in [0.29, 0.717) is 11.3 Å². The van der Waals surface area contributed by atoms with Crippen LogP contribution in [0.3, 0.4) is 0 Å². The quantitative estimate of drug-likeness (QED) is 0.848. The molecule has 0 radical (unpaired) electrons. The van der Waals surface area contributed by atoms with Crippen molar-refractivity contribution in [3.63, 3.8) is 0 Å². The zero-order chi connectivity index (χ0) is 17.5. The van der Waals surface area contributed by atoms with Crippen molar-refractivity contribution in [3.05, 3.63) is 60.2 Å². The van der Waals surface area contributed by atoms with Crippen LogP contribution in [0.1, 0.15) is 23.7 Å². The average Bonchev–Trinajstić information content (AvgIpc) is 2.60. The molecule has 5 nitrogen and oxygen atoms in total. The van der Waals surface area contributed by atoms with E-state index < -0.39 is 5.97 Å². The fourth-order valence-electron chi connectivity index (χ4n) is 2.50. The molecule has 0 heterocycles. The number of rotatable bonds is 7. The lowest BCUT2D eigenvalue weighted by Crippen LogP contribution is -2.35. The predicted molar refractivity (Wildman–Crippen MR) is 95.8 cm³/mol. The van der Waals surface area contributed by atoms with E-state index in [9.17, 15) is 9.59 Å². The van der Waals surface area contributed by atoms with Gasteiger partial charge in [0.2, 0.25) is 0 Å². The van der Waals surface area contributed by atoms with Crippen molar-refractivity contribution in [2.45, 2.75) is 13.3 Å². The summed E-state index contributed by atoms with van der Waals surface area (Å²) >= 11 is 0. The number of carboxylic acids is 1. The first-order chi connectivity index (χ1) is 11.5. The summed E-state index contributed by atoms with van der Waals surface area (Å²) < 4.78 is 0. The average molecular weight is 326 g/mol. The molecule has 0 spiro atoms. The Labute approximate surface area is 142 Å². The van der Waals surface area contributed by atoms with Crippen LogP contribution in [0.15, 0.2) is 54.6 Å². The maximum atomic E-state index is 12.7. The molecule has 0 aromatic heterocycles. The molecule has 0 saturated heterocycles. The van der Waals surface area contributed by atoms with Gasteiger partial charge in [-0.15, -0.1) is 0 Å². The number of hydrogen-bond acceptors (Lipinski definition) is 3. The van der Waals surface area contributed by atoms with Gasteiger partial charge in [-0.3, -0.25) is 14.5 Å². The lowest BCUT2D eigenvalue weighted by atomic mass is 10.1. The molecule has 2 rings (SSSR count). The van der Waals surface area contributed by atoms with Gasteiger partial charge in [0.25, 0.3) is 5.91 Å². The van der Waals surface area contributed by atoms with Crippen LogP contribution in [0, 0.1) is 0 Å². The number of amides is 1. The first kappa shape index (κ1) is 17.5. The second-order valence-electron chi connectivity index (χ2n) is 5.59. The summed E-state index contributed by atoms with van der Waals surface area (Å²) in [6, 6.07) is 16.1. The molecule has 24 heavy (non-hydrogen) atoms. The molecule has 2 aromatic rings. The fourth-order valence-corrected chi connectivity index (χ4v) is 2.50. The minimum Gasteiger partial charge on any atom is -0.480 e. The summed E-state index contributed by atoms with van der Waals surface area (Å²) in [5.74, 6) is -1.38. The minimum atomic E-state index is -1.05. The highest BCUT2D eigenvalue weighted by atomic mass is 16.4. The number of carbonyl (C=O) groups excluding carboxylic acids is 1.